The topological polar surface area (TPSA) is 89.3 Å². The van der Waals surface area contributed by atoms with Gasteiger partial charge in [0, 0.05) is 11.9 Å². The lowest BCUT2D eigenvalue weighted by Crippen LogP contribution is -2.19. The average Bonchev–Trinajstić information content (AvgIpc) is 2.72. The molecular weight excluding hydrogens is 242 g/mol. The van der Waals surface area contributed by atoms with Crippen LogP contribution in [0.1, 0.15) is 29.6 Å². The highest BCUT2D eigenvalue weighted by atomic mass is 16.4. The predicted octanol–water partition coefficient (Wildman–Crippen LogP) is 1.54. The van der Waals surface area contributed by atoms with Gasteiger partial charge in [-0.25, -0.2) is 4.68 Å². The zero-order chi connectivity index (χ0) is 14.0. The lowest BCUT2D eigenvalue weighted by molar-refractivity contribution is 0.318. The number of nitrogens with zero attached hydrogens (tertiary/aromatic N) is 4. The van der Waals surface area contributed by atoms with Gasteiger partial charge >= 0.3 is 0 Å². The lowest BCUT2D eigenvalue weighted by Gasteiger charge is -2.09. The van der Waals surface area contributed by atoms with Crippen LogP contribution in [0.15, 0.2) is 23.5 Å². The minimum atomic E-state index is -0.0267. The van der Waals surface area contributed by atoms with Gasteiger partial charge in [0.25, 0.3) is 0 Å². The lowest BCUT2D eigenvalue weighted by atomic mass is 10.1. The van der Waals surface area contributed by atoms with Gasteiger partial charge in [-0.3, -0.25) is 4.98 Å². The summed E-state index contributed by atoms with van der Waals surface area (Å²) < 4.78 is 1.79. The van der Waals surface area contributed by atoms with Gasteiger partial charge in [-0.2, -0.15) is 5.10 Å². The molecule has 0 spiro atoms. The normalized spacial score (nSPS) is 11.8. The first-order valence-corrected chi connectivity index (χ1v) is 6.08. The summed E-state index contributed by atoms with van der Waals surface area (Å²) in [4.78, 5) is 4.16. The summed E-state index contributed by atoms with van der Waals surface area (Å²) in [6.45, 7) is 6.07. The van der Waals surface area contributed by atoms with Crippen molar-refractivity contribution in [1.29, 1.82) is 0 Å². The van der Waals surface area contributed by atoms with E-state index in [1.54, 1.807) is 16.9 Å². The molecule has 3 N–H and O–H groups in total. The molecule has 100 valence electrons. The van der Waals surface area contributed by atoms with Crippen LogP contribution in [0.2, 0.25) is 0 Å². The van der Waals surface area contributed by atoms with Gasteiger partial charge < -0.3 is 10.9 Å². The van der Waals surface area contributed by atoms with E-state index in [1.807, 2.05) is 19.9 Å². The van der Waals surface area contributed by atoms with Crippen molar-refractivity contribution in [2.45, 2.75) is 27.2 Å². The molecule has 6 nitrogen and oxygen atoms in total. The minimum absolute atomic E-state index is 0.0267. The van der Waals surface area contributed by atoms with Crippen LogP contribution < -0.4 is 5.73 Å². The third-order valence-corrected chi connectivity index (χ3v) is 3.16. The first-order chi connectivity index (χ1) is 9.10. The molecule has 0 unspecified atom stereocenters. The second kappa shape index (κ2) is 5.09. The van der Waals surface area contributed by atoms with Gasteiger partial charge in [-0.15, -0.1) is 0 Å². The minimum Gasteiger partial charge on any atom is -0.409 e. The van der Waals surface area contributed by atoms with Crippen molar-refractivity contribution in [2.75, 3.05) is 0 Å². The quantitative estimate of drug-likeness (QED) is 0.379. The van der Waals surface area contributed by atoms with Gasteiger partial charge in [0.05, 0.1) is 11.4 Å². The Bertz CT molecular complexity index is 630. The third-order valence-electron chi connectivity index (χ3n) is 3.16. The second-order valence-corrected chi connectivity index (χ2v) is 4.27. The Morgan fingerprint density at radius 1 is 1.47 bits per heavy atom. The number of oxime groups is 1. The van der Waals surface area contributed by atoms with Gasteiger partial charge in [-0.05, 0) is 38.0 Å². The molecule has 0 aliphatic carbocycles. The van der Waals surface area contributed by atoms with Crippen molar-refractivity contribution in [3.8, 4) is 5.69 Å². The molecule has 2 aromatic rings. The van der Waals surface area contributed by atoms with Crippen molar-refractivity contribution in [1.82, 2.24) is 14.8 Å². The molecule has 0 aromatic carbocycles. The van der Waals surface area contributed by atoms with E-state index in [0.717, 1.165) is 17.8 Å². The average molecular weight is 259 g/mol. The largest absolute Gasteiger partial charge is 0.409 e. The standard InChI is InChI=1S/C13H17N5O/c1-4-10-8(2)16-18(9(10)3)11-6-5-7-15-12(11)13(14)17-19/h5-7,19H,4H2,1-3H3,(H2,14,17). The maximum absolute atomic E-state index is 8.83. The highest BCUT2D eigenvalue weighted by molar-refractivity contribution is 5.98. The Labute approximate surface area is 111 Å². The molecule has 2 heterocycles. The zero-order valence-corrected chi connectivity index (χ0v) is 11.3. The van der Waals surface area contributed by atoms with Gasteiger partial charge in [0.2, 0.25) is 0 Å². The van der Waals surface area contributed by atoms with Crippen LogP contribution in [0.25, 0.3) is 5.69 Å². The number of aryl methyl sites for hydroxylation is 1. The molecule has 0 aliphatic heterocycles. The van der Waals surface area contributed by atoms with E-state index >= 15 is 0 Å². The number of pyridine rings is 1. The van der Waals surface area contributed by atoms with Crippen molar-refractivity contribution in [3.63, 3.8) is 0 Å². The van der Waals surface area contributed by atoms with Gasteiger partial charge in [0.1, 0.15) is 5.69 Å². The summed E-state index contributed by atoms with van der Waals surface area (Å²) in [7, 11) is 0. The Morgan fingerprint density at radius 2 is 2.21 bits per heavy atom. The molecule has 0 saturated carbocycles. The van der Waals surface area contributed by atoms with E-state index in [-0.39, 0.29) is 5.84 Å². The summed E-state index contributed by atoms with van der Waals surface area (Å²) in [5, 5.41) is 16.4. The molecule has 2 aromatic heterocycles. The van der Waals surface area contributed by atoms with Crippen LogP contribution in [0, 0.1) is 13.8 Å². The SMILES string of the molecule is CCc1c(C)nn(-c2cccnc2/C(N)=N/O)c1C. The van der Waals surface area contributed by atoms with Crippen LogP contribution in [0.3, 0.4) is 0 Å². The maximum atomic E-state index is 8.83. The van der Waals surface area contributed by atoms with Crippen LogP contribution in [-0.2, 0) is 6.42 Å². The van der Waals surface area contributed by atoms with E-state index in [9.17, 15) is 0 Å². The molecule has 0 amide bonds. The van der Waals surface area contributed by atoms with Crippen molar-refractivity contribution in [2.24, 2.45) is 10.9 Å². The molecule has 0 aliphatic rings. The molecule has 0 atom stereocenters. The molecule has 2 rings (SSSR count). The van der Waals surface area contributed by atoms with Crippen molar-refractivity contribution in [3.05, 3.63) is 41.0 Å². The number of aromatic nitrogens is 3. The Kier molecular flexibility index (Phi) is 3.50. The van der Waals surface area contributed by atoms with Crippen LogP contribution in [0.4, 0.5) is 0 Å². The molecular formula is C13H17N5O. The number of hydrogen-bond acceptors (Lipinski definition) is 4. The number of hydrogen-bond donors (Lipinski definition) is 2. The fourth-order valence-electron chi connectivity index (χ4n) is 2.23. The fourth-order valence-corrected chi connectivity index (χ4v) is 2.23. The Morgan fingerprint density at radius 3 is 2.79 bits per heavy atom. The van der Waals surface area contributed by atoms with Crippen LogP contribution in [0.5, 0.6) is 0 Å². The Balaban J connectivity index is 2.66. The molecule has 6 heteroatoms. The summed E-state index contributed by atoms with van der Waals surface area (Å²) in [6.07, 6.45) is 2.51. The molecule has 0 fully saturated rings. The second-order valence-electron chi connectivity index (χ2n) is 4.27. The smallest absolute Gasteiger partial charge is 0.190 e. The molecule has 0 saturated heterocycles. The van der Waals surface area contributed by atoms with Crippen LogP contribution >= 0.6 is 0 Å². The fraction of sp³-hybridized carbons (Fsp3) is 0.308. The molecule has 0 radical (unpaired) electrons. The molecule has 0 bridgehead atoms. The monoisotopic (exact) mass is 259 g/mol. The summed E-state index contributed by atoms with van der Waals surface area (Å²) >= 11 is 0. The van der Waals surface area contributed by atoms with Crippen LogP contribution in [-0.4, -0.2) is 25.8 Å². The first-order valence-electron chi connectivity index (χ1n) is 6.08. The maximum Gasteiger partial charge on any atom is 0.190 e. The number of rotatable bonds is 3. The number of amidine groups is 1. The van der Waals surface area contributed by atoms with Gasteiger partial charge in [0.15, 0.2) is 5.84 Å². The van der Waals surface area contributed by atoms with E-state index in [4.69, 9.17) is 10.9 Å². The third kappa shape index (κ3) is 2.16. The Hall–Kier alpha value is -2.37. The summed E-state index contributed by atoms with van der Waals surface area (Å²) in [5.41, 5.74) is 10.0. The summed E-state index contributed by atoms with van der Waals surface area (Å²) in [6, 6.07) is 3.64. The first kappa shape index (κ1) is 13.1. The van der Waals surface area contributed by atoms with Gasteiger partial charge in [-0.1, -0.05) is 12.1 Å². The number of nitrogens with two attached hydrogens (primary N) is 1. The molecule has 19 heavy (non-hydrogen) atoms. The predicted molar refractivity (Wildman–Crippen MR) is 72.7 cm³/mol. The zero-order valence-electron chi connectivity index (χ0n) is 11.3. The van der Waals surface area contributed by atoms with Crippen molar-refractivity contribution >= 4 is 5.84 Å². The van der Waals surface area contributed by atoms with E-state index in [0.29, 0.717) is 11.4 Å². The van der Waals surface area contributed by atoms with Crippen molar-refractivity contribution < 1.29 is 5.21 Å². The highest BCUT2D eigenvalue weighted by Gasteiger charge is 2.16. The van der Waals surface area contributed by atoms with E-state index < -0.39 is 0 Å². The van der Waals surface area contributed by atoms with E-state index in [2.05, 4.69) is 22.2 Å². The highest BCUT2D eigenvalue weighted by Crippen LogP contribution is 2.19. The summed E-state index contributed by atoms with van der Waals surface area (Å²) in [5.74, 6) is -0.0267. The van der Waals surface area contributed by atoms with E-state index in [1.165, 1.54) is 5.56 Å².